The van der Waals surface area contributed by atoms with Crippen LogP contribution < -0.4 is 5.32 Å². The molecule has 0 saturated heterocycles. The van der Waals surface area contributed by atoms with Crippen molar-refractivity contribution in [2.75, 3.05) is 12.4 Å². The van der Waals surface area contributed by atoms with E-state index in [1.54, 1.807) is 31.6 Å². The van der Waals surface area contributed by atoms with Gasteiger partial charge in [-0.15, -0.1) is 0 Å². The van der Waals surface area contributed by atoms with Crippen molar-refractivity contribution in [2.24, 2.45) is 0 Å². The summed E-state index contributed by atoms with van der Waals surface area (Å²) in [6, 6.07) is 11.3. The van der Waals surface area contributed by atoms with E-state index in [4.69, 9.17) is 5.26 Å². The van der Waals surface area contributed by atoms with Gasteiger partial charge in [0.15, 0.2) is 5.82 Å². The first-order valence-electron chi connectivity index (χ1n) is 6.12. The summed E-state index contributed by atoms with van der Waals surface area (Å²) in [7, 11) is 1.80. The van der Waals surface area contributed by atoms with Crippen LogP contribution in [0.3, 0.4) is 0 Å². The van der Waals surface area contributed by atoms with Gasteiger partial charge < -0.3 is 5.32 Å². The first kappa shape index (κ1) is 12.1. The van der Waals surface area contributed by atoms with Crippen LogP contribution in [-0.2, 0) is 0 Å². The highest BCUT2D eigenvalue weighted by atomic mass is 15.0. The lowest BCUT2D eigenvalue weighted by Gasteiger charge is -2.08. The Bertz CT molecular complexity index is 806. The molecule has 3 aromatic rings. The first-order valence-corrected chi connectivity index (χ1v) is 6.12. The number of benzene rings is 1. The molecule has 1 aromatic carbocycles. The fraction of sp³-hybridized carbons (Fsp3) is 0.0667. The number of hydrogen-bond acceptors (Lipinski definition) is 5. The lowest BCUT2D eigenvalue weighted by atomic mass is 10.1. The second-order valence-electron chi connectivity index (χ2n) is 4.23. The van der Waals surface area contributed by atoms with Crippen LogP contribution in [-0.4, -0.2) is 22.0 Å². The summed E-state index contributed by atoms with van der Waals surface area (Å²) in [5.41, 5.74) is 2.24. The van der Waals surface area contributed by atoms with Gasteiger partial charge in [0.1, 0.15) is 5.82 Å². The van der Waals surface area contributed by atoms with Crippen molar-refractivity contribution >= 4 is 16.7 Å². The number of nitrogens with zero attached hydrogens (tertiary/aromatic N) is 4. The number of rotatable bonds is 2. The maximum atomic E-state index is 8.97. The number of pyridine rings is 1. The Morgan fingerprint density at radius 2 is 2.10 bits per heavy atom. The van der Waals surface area contributed by atoms with E-state index in [1.807, 2.05) is 18.2 Å². The van der Waals surface area contributed by atoms with E-state index in [9.17, 15) is 0 Å². The zero-order chi connectivity index (χ0) is 13.9. The molecule has 5 heteroatoms. The predicted molar refractivity (Wildman–Crippen MR) is 77.0 cm³/mol. The normalized spacial score (nSPS) is 10.2. The van der Waals surface area contributed by atoms with Gasteiger partial charge in [-0.1, -0.05) is 0 Å². The van der Waals surface area contributed by atoms with Gasteiger partial charge in [-0.05, 0) is 30.3 Å². The van der Waals surface area contributed by atoms with Gasteiger partial charge in [0, 0.05) is 30.4 Å². The highest BCUT2D eigenvalue weighted by molar-refractivity contribution is 5.91. The second kappa shape index (κ2) is 4.94. The van der Waals surface area contributed by atoms with Crippen molar-refractivity contribution in [3.63, 3.8) is 0 Å². The van der Waals surface area contributed by atoms with Gasteiger partial charge >= 0.3 is 0 Å². The van der Waals surface area contributed by atoms with E-state index < -0.39 is 0 Å². The summed E-state index contributed by atoms with van der Waals surface area (Å²) in [5, 5.41) is 12.9. The monoisotopic (exact) mass is 261 g/mol. The van der Waals surface area contributed by atoms with Gasteiger partial charge in [0.25, 0.3) is 0 Å². The molecular weight excluding hydrogens is 250 g/mol. The Morgan fingerprint density at radius 1 is 1.20 bits per heavy atom. The minimum absolute atomic E-state index is 0.590. The molecule has 2 heterocycles. The zero-order valence-electron chi connectivity index (χ0n) is 10.8. The lowest BCUT2D eigenvalue weighted by Crippen LogP contribution is -1.99. The van der Waals surface area contributed by atoms with Crippen LogP contribution >= 0.6 is 0 Å². The Kier molecular flexibility index (Phi) is 2.98. The molecule has 0 aliphatic carbocycles. The third-order valence-corrected chi connectivity index (χ3v) is 2.98. The highest BCUT2D eigenvalue weighted by Crippen LogP contribution is 2.25. The van der Waals surface area contributed by atoms with Crippen LogP contribution in [0.15, 0.2) is 42.7 Å². The van der Waals surface area contributed by atoms with E-state index in [1.165, 1.54) is 0 Å². The average Bonchev–Trinajstić information content (AvgIpc) is 2.54. The summed E-state index contributed by atoms with van der Waals surface area (Å²) in [6.45, 7) is 0. The average molecular weight is 261 g/mol. The van der Waals surface area contributed by atoms with Crippen molar-refractivity contribution < 1.29 is 0 Å². The first-order chi connectivity index (χ1) is 9.81. The van der Waals surface area contributed by atoms with Gasteiger partial charge in [-0.3, -0.25) is 4.98 Å². The largest absolute Gasteiger partial charge is 0.373 e. The molecule has 0 aliphatic heterocycles. The van der Waals surface area contributed by atoms with Crippen molar-refractivity contribution in [2.45, 2.75) is 0 Å². The topological polar surface area (TPSA) is 74.5 Å². The van der Waals surface area contributed by atoms with Crippen LogP contribution in [0.25, 0.3) is 22.3 Å². The van der Waals surface area contributed by atoms with E-state index in [0.29, 0.717) is 17.2 Å². The molecular formula is C15H11N5. The molecule has 0 spiro atoms. The quantitative estimate of drug-likeness (QED) is 0.767. The molecule has 20 heavy (non-hydrogen) atoms. The summed E-state index contributed by atoms with van der Waals surface area (Å²) >= 11 is 0. The van der Waals surface area contributed by atoms with Crippen LogP contribution in [0, 0.1) is 11.3 Å². The Balaban J connectivity index is 2.26. The van der Waals surface area contributed by atoms with Gasteiger partial charge in [-0.25, -0.2) is 9.97 Å². The SMILES string of the molecule is CNc1nc(-c2cccnc2)nc2ccc(C#N)cc12. The molecule has 0 radical (unpaired) electrons. The zero-order valence-corrected chi connectivity index (χ0v) is 10.8. The van der Waals surface area contributed by atoms with Gasteiger partial charge in [-0.2, -0.15) is 5.26 Å². The number of anilines is 1. The third kappa shape index (κ3) is 2.04. The van der Waals surface area contributed by atoms with Gasteiger partial charge in [0.05, 0.1) is 17.1 Å². The number of fused-ring (bicyclic) bond motifs is 1. The minimum atomic E-state index is 0.590. The van der Waals surface area contributed by atoms with Crippen LogP contribution in [0.2, 0.25) is 0 Å². The molecule has 0 aliphatic rings. The Hall–Kier alpha value is -3.00. The predicted octanol–water partition coefficient (Wildman–Crippen LogP) is 2.61. The third-order valence-electron chi connectivity index (χ3n) is 2.98. The fourth-order valence-corrected chi connectivity index (χ4v) is 2.01. The van der Waals surface area contributed by atoms with Crippen molar-refractivity contribution in [3.8, 4) is 17.5 Å². The molecule has 2 aromatic heterocycles. The molecule has 0 fully saturated rings. The van der Waals surface area contributed by atoms with Crippen molar-refractivity contribution in [3.05, 3.63) is 48.3 Å². The van der Waals surface area contributed by atoms with E-state index >= 15 is 0 Å². The van der Waals surface area contributed by atoms with Crippen molar-refractivity contribution in [1.82, 2.24) is 15.0 Å². The van der Waals surface area contributed by atoms with Crippen molar-refractivity contribution in [1.29, 1.82) is 5.26 Å². The number of aromatic nitrogens is 3. The molecule has 0 atom stereocenters. The van der Waals surface area contributed by atoms with Crippen LogP contribution in [0.1, 0.15) is 5.56 Å². The summed E-state index contributed by atoms with van der Waals surface area (Å²) < 4.78 is 0. The van der Waals surface area contributed by atoms with E-state index in [2.05, 4.69) is 26.3 Å². The summed E-state index contributed by atoms with van der Waals surface area (Å²) in [5.74, 6) is 1.31. The van der Waals surface area contributed by atoms with E-state index in [-0.39, 0.29) is 0 Å². The number of hydrogen-bond donors (Lipinski definition) is 1. The Labute approximate surface area is 116 Å². The van der Waals surface area contributed by atoms with Gasteiger partial charge in [0.2, 0.25) is 0 Å². The molecule has 0 bridgehead atoms. The van der Waals surface area contributed by atoms with E-state index in [0.717, 1.165) is 16.5 Å². The molecule has 3 rings (SSSR count). The summed E-state index contributed by atoms with van der Waals surface area (Å²) in [6.07, 6.45) is 3.44. The smallest absolute Gasteiger partial charge is 0.163 e. The molecule has 0 unspecified atom stereocenters. The maximum Gasteiger partial charge on any atom is 0.163 e. The molecule has 96 valence electrons. The van der Waals surface area contributed by atoms with Crippen LogP contribution in [0.5, 0.6) is 0 Å². The molecule has 1 N–H and O–H groups in total. The number of nitriles is 1. The highest BCUT2D eigenvalue weighted by Gasteiger charge is 2.09. The molecule has 0 saturated carbocycles. The fourth-order valence-electron chi connectivity index (χ4n) is 2.01. The summed E-state index contributed by atoms with van der Waals surface area (Å²) in [4.78, 5) is 13.1. The van der Waals surface area contributed by atoms with Crippen LogP contribution in [0.4, 0.5) is 5.82 Å². The molecule has 0 amide bonds. The Morgan fingerprint density at radius 3 is 2.80 bits per heavy atom. The number of nitrogens with one attached hydrogen (secondary N) is 1. The molecule has 5 nitrogen and oxygen atoms in total. The minimum Gasteiger partial charge on any atom is -0.373 e. The second-order valence-corrected chi connectivity index (χ2v) is 4.23. The standard InChI is InChI=1S/C15H11N5/c1-17-15-12-7-10(8-16)4-5-13(12)19-14(20-15)11-3-2-6-18-9-11/h2-7,9H,1H3,(H,17,19,20). The lowest BCUT2D eigenvalue weighted by molar-refractivity contribution is 1.20. The maximum absolute atomic E-state index is 8.97.